The van der Waals surface area contributed by atoms with Crippen molar-refractivity contribution in [2.24, 2.45) is 5.92 Å². The Balaban J connectivity index is 2.13. The Hall–Kier alpha value is -0.390. The van der Waals surface area contributed by atoms with Gasteiger partial charge in [0.25, 0.3) is 0 Å². The van der Waals surface area contributed by atoms with E-state index in [0.29, 0.717) is 0 Å². The molecule has 1 aromatic rings. The molecule has 14 heavy (non-hydrogen) atoms. The van der Waals surface area contributed by atoms with Gasteiger partial charge in [0.1, 0.15) is 12.1 Å². The third kappa shape index (κ3) is 2.16. The summed E-state index contributed by atoms with van der Waals surface area (Å²) in [5.74, 6) is 1.76. The molecule has 76 valence electrons. The summed E-state index contributed by atoms with van der Waals surface area (Å²) in [6, 6.07) is 0. The molecule has 1 fully saturated rings. The predicted octanol–water partition coefficient (Wildman–Crippen LogP) is 2.68. The fourth-order valence-electron chi connectivity index (χ4n) is 1.62. The molecule has 1 aliphatic carbocycles. The Morgan fingerprint density at radius 3 is 2.79 bits per heavy atom. The summed E-state index contributed by atoms with van der Waals surface area (Å²) < 4.78 is 1.08. The molecule has 1 aromatic heterocycles. The van der Waals surface area contributed by atoms with E-state index in [1.165, 1.54) is 12.8 Å². The van der Waals surface area contributed by atoms with Gasteiger partial charge in [-0.15, -0.1) is 0 Å². The van der Waals surface area contributed by atoms with Crippen molar-refractivity contribution < 1.29 is 0 Å². The maximum atomic E-state index is 4.24. The lowest BCUT2D eigenvalue weighted by atomic mass is 9.99. The van der Waals surface area contributed by atoms with Crippen LogP contribution >= 0.6 is 22.6 Å². The topological polar surface area (TPSA) is 37.8 Å². The highest BCUT2D eigenvalue weighted by Gasteiger charge is 2.38. The molecule has 0 bridgehead atoms. The lowest BCUT2D eigenvalue weighted by Gasteiger charge is -2.27. The van der Waals surface area contributed by atoms with Gasteiger partial charge in [0.05, 0.1) is 3.57 Å². The summed E-state index contributed by atoms with van der Waals surface area (Å²) in [6.45, 7) is 4.48. The van der Waals surface area contributed by atoms with Crippen LogP contribution in [0.5, 0.6) is 0 Å². The summed E-state index contributed by atoms with van der Waals surface area (Å²) in [4.78, 5) is 8.22. The van der Waals surface area contributed by atoms with Crippen LogP contribution in [-0.2, 0) is 0 Å². The van der Waals surface area contributed by atoms with Crippen molar-refractivity contribution in [3.05, 3.63) is 16.1 Å². The number of halogens is 1. The molecule has 4 heteroatoms. The molecule has 0 spiro atoms. The fourth-order valence-corrected chi connectivity index (χ4v) is 2.05. The molecule has 1 N–H and O–H groups in total. The van der Waals surface area contributed by atoms with Gasteiger partial charge in [0, 0.05) is 11.7 Å². The van der Waals surface area contributed by atoms with Gasteiger partial charge in [-0.3, -0.25) is 0 Å². The Labute approximate surface area is 97.9 Å². The van der Waals surface area contributed by atoms with Crippen molar-refractivity contribution >= 4 is 28.4 Å². The van der Waals surface area contributed by atoms with Crippen LogP contribution in [-0.4, -0.2) is 15.5 Å². The highest BCUT2D eigenvalue weighted by Crippen LogP contribution is 2.41. The molecular weight excluding hydrogens is 289 g/mol. The second-order valence-corrected chi connectivity index (χ2v) is 5.50. The molecule has 0 saturated heterocycles. The van der Waals surface area contributed by atoms with Crippen molar-refractivity contribution in [2.75, 3.05) is 5.32 Å². The standard InChI is InChI=1S/C10H14IN3/c1-10(2,7-3-4-7)14-9-8(11)5-12-6-13-9/h5-7H,3-4H2,1-2H3,(H,12,13,14). The van der Waals surface area contributed by atoms with Crippen molar-refractivity contribution in [3.63, 3.8) is 0 Å². The summed E-state index contributed by atoms with van der Waals surface area (Å²) in [5, 5.41) is 3.49. The lowest BCUT2D eigenvalue weighted by molar-refractivity contribution is 0.492. The number of hydrogen-bond donors (Lipinski definition) is 1. The molecule has 0 aliphatic heterocycles. The summed E-state index contributed by atoms with van der Waals surface area (Å²) in [6.07, 6.45) is 6.09. The lowest BCUT2D eigenvalue weighted by Crippen LogP contribution is -2.34. The van der Waals surface area contributed by atoms with E-state index in [9.17, 15) is 0 Å². The zero-order valence-electron chi connectivity index (χ0n) is 8.42. The number of aromatic nitrogens is 2. The van der Waals surface area contributed by atoms with E-state index in [1.54, 1.807) is 6.33 Å². The monoisotopic (exact) mass is 303 g/mol. The quantitative estimate of drug-likeness (QED) is 0.873. The normalized spacial score (nSPS) is 16.8. The van der Waals surface area contributed by atoms with Gasteiger partial charge < -0.3 is 5.32 Å². The maximum Gasteiger partial charge on any atom is 0.143 e. The Kier molecular flexibility index (Phi) is 2.64. The maximum absolute atomic E-state index is 4.24. The summed E-state index contributed by atoms with van der Waals surface area (Å²) in [5.41, 5.74) is 0.161. The van der Waals surface area contributed by atoms with Crippen LogP contribution in [0.4, 0.5) is 5.82 Å². The molecule has 0 unspecified atom stereocenters. The van der Waals surface area contributed by atoms with E-state index >= 15 is 0 Å². The van der Waals surface area contributed by atoms with E-state index in [-0.39, 0.29) is 5.54 Å². The van der Waals surface area contributed by atoms with Crippen LogP contribution in [0.25, 0.3) is 0 Å². The second kappa shape index (κ2) is 3.64. The fraction of sp³-hybridized carbons (Fsp3) is 0.600. The predicted molar refractivity (Wildman–Crippen MR) is 65.2 cm³/mol. The minimum absolute atomic E-state index is 0.161. The van der Waals surface area contributed by atoms with Crippen LogP contribution in [0, 0.1) is 9.49 Å². The van der Waals surface area contributed by atoms with Gasteiger partial charge in [-0.25, -0.2) is 9.97 Å². The first-order valence-electron chi connectivity index (χ1n) is 4.83. The second-order valence-electron chi connectivity index (χ2n) is 4.34. The molecule has 0 aromatic carbocycles. The molecule has 1 saturated carbocycles. The number of anilines is 1. The van der Waals surface area contributed by atoms with Crippen LogP contribution in [0.15, 0.2) is 12.5 Å². The van der Waals surface area contributed by atoms with Crippen molar-refractivity contribution in [1.29, 1.82) is 0 Å². The molecule has 1 heterocycles. The molecule has 0 radical (unpaired) electrons. The number of nitrogens with zero attached hydrogens (tertiary/aromatic N) is 2. The van der Waals surface area contributed by atoms with Crippen LogP contribution < -0.4 is 5.32 Å². The minimum atomic E-state index is 0.161. The van der Waals surface area contributed by atoms with E-state index in [1.807, 2.05) is 6.20 Å². The average molecular weight is 303 g/mol. The Morgan fingerprint density at radius 2 is 2.21 bits per heavy atom. The molecule has 0 atom stereocenters. The highest BCUT2D eigenvalue weighted by atomic mass is 127. The molecule has 0 amide bonds. The molecular formula is C10H14IN3. The molecule has 1 aliphatic rings. The van der Waals surface area contributed by atoms with Crippen LogP contribution in [0.1, 0.15) is 26.7 Å². The first kappa shape index (κ1) is 10.1. The van der Waals surface area contributed by atoms with Gasteiger partial charge in [0.2, 0.25) is 0 Å². The number of nitrogens with one attached hydrogen (secondary N) is 1. The third-order valence-corrected chi connectivity index (χ3v) is 3.50. The van der Waals surface area contributed by atoms with Gasteiger partial charge in [-0.1, -0.05) is 0 Å². The highest BCUT2D eigenvalue weighted by molar-refractivity contribution is 14.1. The number of rotatable bonds is 3. The molecule has 2 rings (SSSR count). The van der Waals surface area contributed by atoms with E-state index in [4.69, 9.17) is 0 Å². The van der Waals surface area contributed by atoms with E-state index in [2.05, 4.69) is 51.7 Å². The van der Waals surface area contributed by atoms with Crippen molar-refractivity contribution in [2.45, 2.75) is 32.2 Å². The first-order valence-corrected chi connectivity index (χ1v) is 5.91. The SMILES string of the molecule is CC(C)(Nc1ncncc1I)C1CC1. The summed E-state index contributed by atoms with van der Waals surface area (Å²) >= 11 is 2.26. The van der Waals surface area contributed by atoms with E-state index < -0.39 is 0 Å². The zero-order valence-corrected chi connectivity index (χ0v) is 10.6. The minimum Gasteiger partial charge on any atom is -0.364 e. The Bertz CT molecular complexity index is 334. The largest absolute Gasteiger partial charge is 0.364 e. The van der Waals surface area contributed by atoms with Crippen molar-refractivity contribution in [3.8, 4) is 0 Å². The smallest absolute Gasteiger partial charge is 0.143 e. The van der Waals surface area contributed by atoms with Gasteiger partial charge in [0.15, 0.2) is 0 Å². The first-order chi connectivity index (χ1) is 6.59. The van der Waals surface area contributed by atoms with Crippen LogP contribution in [0.2, 0.25) is 0 Å². The molecule has 3 nitrogen and oxygen atoms in total. The zero-order chi connectivity index (χ0) is 10.2. The van der Waals surface area contributed by atoms with Crippen LogP contribution in [0.3, 0.4) is 0 Å². The average Bonchev–Trinajstić information content (AvgIpc) is 2.91. The van der Waals surface area contributed by atoms with E-state index in [0.717, 1.165) is 15.3 Å². The third-order valence-electron chi connectivity index (χ3n) is 2.71. The van der Waals surface area contributed by atoms with Gasteiger partial charge in [-0.05, 0) is 55.2 Å². The number of hydrogen-bond acceptors (Lipinski definition) is 3. The summed E-state index contributed by atoms with van der Waals surface area (Å²) in [7, 11) is 0. The van der Waals surface area contributed by atoms with Gasteiger partial charge >= 0.3 is 0 Å². The van der Waals surface area contributed by atoms with Crippen molar-refractivity contribution in [1.82, 2.24) is 9.97 Å². The van der Waals surface area contributed by atoms with Gasteiger partial charge in [-0.2, -0.15) is 0 Å². The Morgan fingerprint density at radius 1 is 1.50 bits per heavy atom.